The van der Waals surface area contributed by atoms with E-state index in [1.165, 1.54) is 12.8 Å². The minimum Gasteiger partial charge on any atom is -0.464 e. The van der Waals surface area contributed by atoms with Crippen LogP contribution in [0.2, 0.25) is 0 Å². The number of rotatable bonds is 3. The van der Waals surface area contributed by atoms with Gasteiger partial charge in [0.25, 0.3) is 0 Å². The van der Waals surface area contributed by atoms with Crippen LogP contribution in [0, 0.1) is 0 Å². The predicted octanol–water partition coefficient (Wildman–Crippen LogP) is 2.34. The van der Waals surface area contributed by atoms with Crippen LogP contribution in [-0.4, -0.2) is 23.9 Å². The van der Waals surface area contributed by atoms with Gasteiger partial charge in [0.15, 0.2) is 5.96 Å². The molecule has 0 spiro atoms. The average Bonchev–Trinajstić information content (AvgIpc) is 3.16. The van der Waals surface area contributed by atoms with E-state index in [2.05, 4.69) is 9.89 Å². The van der Waals surface area contributed by atoms with Crippen molar-refractivity contribution in [1.82, 2.24) is 4.90 Å². The molecule has 94 valence electrons. The molecule has 0 aliphatic heterocycles. The molecule has 1 fully saturated rings. The van der Waals surface area contributed by atoms with Crippen LogP contribution in [-0.2, 0) is 6.54 Å². The van der Waals surface area contributed by atoms with Crippen molar-refractivity contribution in [2.75, 3.05) is 7.05 Å². The van der Waals surface area contributed by atoms with Gasteiger partial charge in [-0.25, -0.2) is 4.99 Å². The molecule has 18 heavy (non-hydrogen) atoms. The molecule has 4 nitrogen and oxygen atoms in total. The normalized spacial score (nSPS) is 16.2. The summed E-state index contributed by atoms with van der Waals surface area (Å²) in [5, 5.41) is 1.11. The van der Waals surface area contributed by atoms with Crippen molar-refractivity contribution in [2.24, 2.45) is 10.7 Å². The SMILES string of the molecule is CN(C(N)=NCc1coc2ccccc12)C1CC1. The summed E-state index contributed by atoms with van der Waals surface area (Å²) in [6, 6.07) is 8.57. The van der Waals surface area contributed by atoms with Crippen LogP contribution in [0.1, 0.15) is 18.4 Å². The highest BCUT2D eigenvalue weighted by molar-refractivity contribution is 5.82. The van der Waals surface area contributed by atoms with E-state index >= 15 is 0 Å². The molecule has 3 rings (SSSR count). The van der Waals surface area contributed by atoms with Gasteiger partial charge in [0.1, 0.15) is 5.58 Å². The standard InChI is InChI=1S/C14H17N3O/c1-17(11-6-7-11)14(15)16-8-10-9-18-13-5-3-2-4-12(10)13/h2-5,9,11H,6-8H2,1H3,(H2,15,16). The Bertz CT molecular complexity index is 583. The van der Waals surface area contributed by atoms with E-state index in [1.54, 1.807) is 6.26 Å². The molecular weight excluding hydrogens is 226 g/mol. The van der Waals surface area contributed by atoms with E-state index in [-0.39, 0.29) is 0 Å². The molecule has 2 N–H and O–H groups in total. The van der Waals surface area contributed by atoms with Gasteiger partial charge in [0, 0.05) is 24.0 Å². The summed E-state index contributed by atoms with van der Waals surface area (Å²) in [6.07, 6.45) is 4.21. The van der Waals surface area contributed by atoms with E-state index < -0.39 is 0 Å². The molecule has 0 amide bonds. The lowest BCUT2D eigenvalue weighted by Crippen LogP contribution is -2.35. The Morgan fingerprint density at radius 1 is 1.44 bits per heavy atom. The van der Waals surface area contributed by atoms with E-state index in [4.69, 9.17) is 10.2 Å². The Kier molecular flexibility index (Phi) is 2.70. The van der Waals surface area contributed by atoms with Gasteiger partial charge < -0.3 is 15.1 Å². The third-order valence-electron chi connectivity index (χ3n) is 3.43. The second-order valence-electron chi connectivity index (χ2n) is 4.77. The van der Waals surface area contributed by atoms with E-state index in [0.717, 1.165) is 16.5 Å². The number of hydrogen-bond acceptors (Lipinski definition) is 2. The molecular formula is C14H17N3O. The van der Waals surface area contributed by atoms with E-state index in [1.807, 2.05) is 31.3 Å². The average molecular weight is 243 g/mol. The highest BCUT2D eigenvalue weighted by atomic mass is 16.3. The van der Waals surface area contributed by atoms with Crippen molar-refractivity contribution in [3.05, 3.63) is 36.1 Å². The molecule has 1 heterocycles. The highest BCUT2D eigenvalue weighted by Gasteiger charge is 2.27. The van der Waals surface area contributed by atoms with Gasteiger partial charge in [-0.3, -0.25) is 0 Å². The zero-order valence-corrected chi connectivity index (χ0v) is 10.5. The molecule has 1 aromatic heterocycles. The Hall–Kier alpha value is -1.97. The van der Waals surface area contributed by atoms with Crippen molar-refractivity contribution < 1.29 is 4.42 Å². The third-order valence-corrected chi connectivity index (χ3v) is 3.43. The molecule has 1 aromatic carbocycles. The van der Waals surface area contributed by atoms with Crippen molar-refractivity contribution in [2.45, 2.75) is 25.4 Å². The van der Waals surface area contributed by atoms with Gasteiger partial charge in [-0.2, -0.15) is 0 Å². The molecule has 4 heteroatoms. The first-order chi connectivity index (χ1) is 8.75. The summed E-state index contributed by atoms with van der Waals surface area (Å²) in [4.78, 5) is 6.50. The molecule has 0 radical (unpaired) electrons. The quantitative estimate of drug-likeness (QED) is 0.665. The Balaban J connectivity index is 1.78. The first-order valence-electron chi connectivity index (χ1n) is 6.23. The smallest absolute Gasteiger partial charge is 0.191 e. The van der Waals surface area contributed by atoms with Gasteiger partial charge in [-0.15, -0.1) is 0 Å². The largest absolute Gasteiger partial charge is 0.464 e. The van der Waals surface area contributed by atoms with E-state index in [0.29, 0.717) is 18.5 Å². The maximum atomic E-state index is 5.96. The lowest BCUT2D eigenvalue weighted by Gasteiger charge is -2.16. The topological polar surface area (TPSA) is 54.8 Å². The Morgan fingerprint density at radius 2 is 2.22 bits per heavy atom. The molecule has 0 unspecified atom stereocenters. The number of furan rings is 1. The minimum atomic E-state index is 0.569. The van der Waals surface area contributed by atoms with E-state index in [9.17, 15) is 0 Å². The summed E-state index contributed by atoms with van der Waals surface area (Å²) in [7, 11) is 2.00. The number of hydrogen-bond donors (Lipinski definition) is 1. The van der Waals surface area contributed by atoms with Crippen molar-refractivity contribution in [3.8, 4) is 0 Å². The van der Waals surface area contributed by atoms with Crippen LogP contribution >= 0.6 is 0 Å². The minimum absolute atomic E-state index is 0.569. The summed E-state index contributed by atoms with van der Waals surface area (Å²) in [5.41, 5.74) is 7.95. The third kappa shape index (κ3) is 2.06. The first kappa shape index (κ1) is 11.1. The summed E-state index contributed by atoms with van der Waals surface area (Å²) in [5.74, 6) is 0.614. The van der Waals surface area contributed by atoms with Crippen LogP contribution in [0.25, 0.3) is 11.0 Å². The molecule has 0 saturated heterocycles. The second kappa shape index (κ2) is 4.37. The van der Waals surface area contributed by atoms with Crippen LogP contribution in [0.15, 0.2) is 39.9 Å². The number of para-hydroxylation sites is 1. The molecule has 1 saturated carbocycles. The zero-order chi connectivity index (χ0) is 12.5. The van der Waals surface area contributed by atoms with Crippen LogP contribution in [0.4, 0.5) is 0 Å². The summed E-state index contributed by atoms with van der Waals surface area (Å²) >= 11 is 0. The lowest BCUT2D eigenvalue weighted by molar-refractivity contribution is 0.487. The number of fused-ring (bicyclic) bond motifs is 1. The molecule has 0 atom stereocenters. The van der Waals surface area contributed by atoms with Gasteiger partial charge in [-0.05, 0) is 18.9 Å². The molecule has 1 aliphatic carbocycles. The van der Waals surface area contributed by atoms with Crippen LogP contribution in [0.3, 0.4) is 0 Å². The van der Waals surface area contributed by atoms with Crippen molar-refractivity contribution in [1.29, 1.82) is 0 Å². The van der Waals surface area contributed by atoms with Crippen molar-refractivity contribution >= 4 is 16.9 Å². The number of benzene rings is 1. The Morgan fingerprint density at radius 3 is 3.00 bits per heavy atom. The fourth-order valence-corrected chi connectivity index (χ4v) is 2.08. The fraction of sp³-hybridized carbons (Fsp3) is 0.357. The maximum absolute atomic E-state index is 5.96. The highest BCUT2D eigenvalue weighted by Crippen LogP contribution is 2.25. The monoisotopic (exact) mass is 243 g/mol. The maximum Gasteiger partial charge on any atom is 0.191 e. The second-order valence-corrected chi connectivity index (χ2v) is 4.77. The lowest BCUT2D eigenvalue weighted by atomic mass is 10.2. The van der Waals surface area contributed by atoms with Crippen molar-refractivity contribution in [3.63, 3.8) is 0 Å². The van der Waals surface area contributed by atoms with Gasteiger partial charge >= 0.3 is 0 Å². The van der Waals surface area contributed by atoms with Gasteiger partial charge in [0.05, 0.1) is 12.8 Å². The Labute approximate surface area is 106 Å². The predicted molar refractivity (Wildman–Crippen MR) is 72.3 cm³/mol. The first-order valence-corrected chi connectivity index (χ1v) is 6.23. The summed E-state index contributed by atoms with van der Waals surface area (Å²) in [6.45, 7) is 0.569. The molecule has 1 aliphatic rings. The molecule has 2 aromatic rings. The van der Waals surface area contributed by atoms with Crippen LogP contribution in [0.5, 0.6) is 0 Å². The number of nitrogens with two attached hydrogens (primary N) is 1. The number of aliphatic imine (C=N–C) groups is 1. The number of nitrogens with zero attached hydrogens (tertiary/aromatic N) is 2. The number of guanidine groups is 1. The van der Waals surface area contributed by atoms with Crippen LogP contribution < -0.4 is 5.73 Å². The molecule has 0 bridgehead atoms. The fourth-order valence-electron chi connectivity index (χ4n) is 2.08. The summed E-state index contributed by atoms with van der Waals surface area (Å²) < 4.78 is 5.48. The zero-order valence-electron chi connectivity index (χ0n) is 10.5. The van der Waals surface area contributed by atoms with Gasteiger partial charge in [-0.1, -0.05) is 18.2 Å². The van der Waals surface area contributed by atoms with Gasteiger partial charge in [0.2, 0.25) is 0 Å².